The molecule has 2 heterocycles. The van der Waals surface area contributed by atoms with Crippen LogP contribution >= 0.6 is 0 Å². The maximum Gasteiger partial charge on any atom is 0.234 e. The average molecular weight is 456 g/mol. The third-order valence-corrected chi connectivity index (χ3v) is 7.10. The third-order valence-electron chi connectivity index (χ3n) is 7.10. The molecule has 176 valence electrons. The molecule has 0 saturated carbocycles. The second-order valence-corrected chi connectivity index (χ2v) is 9.26. The Morgan fingerprint density at radius 3 is 2.26 bits per heavy atom. The van der Waals surface area contributed by atoms with Crippen LogP contribution in [-0.2, 0) is 21.4 Å². The SMILES string of the molecule is CC(=O)C1(c2ccccc2)CCN(CC(=O)NCC(Cc2cccnc2)c2ccccc2)CC1. The topological polar surface area (TPSA) is 62.3 Å². The van der Waals surface area contributed by atoms with E-state index in [2.05, 4.69) is 45.5 Å². The second-order valence-electron chi connectivity index (χ2n) is 9.26. The minimum atomic E-state index is -0.434. The number of benzene rings is 2. The molecular weight excluding hydrogens is 422 g/mol. The van der Waals surface area contributed by atoms with Gasteiger partial charge in [0.25, 0.3) is 0 Å². The minimum absolute atomic E-state index is 0.0298. The van der Waals surface area contributed by atoms with Crippen molar-refractivity contribution in [2.24, 2.45) is 0 Å². The van der Waals surface area contributed by atoms with Gasteiger partial charge in [-0.1, -0.05) is 66.7 Å². The predicted molar refractivity (Wildman–Crippen MR) is 135 cm³/mol. The number of carbonyl (C=O) groups excluding carboxylic acids is 2. The van der Waals surface area contributed by atoms with Crippen LogP contribution in [0.4, 0.5) is 0 Å². The molecular formula is C29H33N3O2. The van der Waals surface area contributed by atoms with Gasteiger partial charge in [0.2, 0.25) is 5.91 Å². The number of ketones is 1. The summed E-state index contributed by atoms with van der Waals surface area (Å²) in [6.45, 7) is 4.10. The number of nitrogens with zero attached hydrogens (tertiary/aromatic N) is 2. The number of likely N-dealkylation sites (tertiary alicyclic amines) is 1. The van der Waals surface area contributed by atoms with Crippen LogP contribution in [-0.4, -0.2) is 47.8 Å². The lowest BCUT2D eigenvalue weighted by atomic mass is 9.70. The molecule has 1 aromatic heterocycles. The highest BCUT2D eigenvalue weighted by Crippen LogP contribution is 2.36. The first kappa shape index (κ1) is 23.8. The smallest absolute Gasteiger partial charge is 0.234 e. The highest BCUT2D eigenvalue weighted by molar-refractivity contribution is 5.88. The third kappa shape index (κ3) is 5.78. The number of rotatable bonds is 9. The van der Waals surface area contributed by atoms with Gasteiger partial charge in [0.05, 0.1) is 12.0 Å². The molecule has 1 aliphatic rings. The van der Waals surface area contributed by atoms with E-state index in [1.54, 1.807) is 13.1 Å². The lowest BCUT2D eigenvalue weighted by Gasteiger charge is -2.40. The lowest BCUT2D eigenvalue weighted by Crippen LogP contribution is -2.49. The molecule has 1 amide bonds. The summed E-state index contributed by atoms with van der Waals surface area (Å²) in [5, 5.41) is 3.16. The minimum Gasteiger partial charge on any atom is -0.354 e. The number of aromatic nitrogens is 1. The first-order valence-electron chi connectivity index (χ1n) is 12.1. The monoisotopic (exact) mass is 455 g/mol. The Kier molecular flexibility index (Phi) is 7.86. The Labute approximate surface area is 202 Å². The molecule has 1 unspecified atom stereocenters. The number of hydrogen-bond donors (Lipinski definition) is 1. The van der Waals surface area contributed by atoms with Crippen molar-refractivity contribution in [2.45, 2.75) is 37.5 Å². The maximum atomic E-state index is 12.8. The molecule has 0 spiro atoms. The number of piperidine rings is 1. The number of nitrogens with one attached hydrogen (secondary N) is 1. The number of Topliss-reactive ketones (excluding diaryl/α,β-unsaturated/α-hetero) is 1. The summed E-state index contributed by atoms with van der Waals surface area (Å²) in [7, 11) is 0. The van der Waals surface area contributed by atoms with Crippen LogP contribution in [0.25, 0.3) is 0 Å². The molecule has 5 nitrogen and oxygen atoms in total. The van der Waals surface area contributed by atoms with E-state index in [9.17, 15) is 9.59 Å². The van der Waals surface area contributed by atoms with Crippen molar-refractivity contribution in [3.05, 3.63) is 102 Å². The van der Waals surface area contributed by atoms with Crippen molar-refractivity contribution >= 4 is 11.7 Å². The molecule has 3 aromatic rings. The van der Waals surface area contributed by atoms with E-state index < -0.39 is 5.41 Å². The normalized spacial score (nSPS) is 16.5. The van der Waals surface area contributed by atoms with Crippen LogP contribution in [0.15, 0.2) is 85.2 Å². The van der Waals surface area contributed by atoms with E-state index in [0.29, 0.717) is 13.1 Å². The van der Waals surface area contributed by atoms with Gasteiger partial charge in [0.15, 0.2) is 0 Å². The van der Waals surface area contributed by atoms with Crippen LogP contribution in [0.1, 0.15) is 42.4 Å². The van der Waals surface area contributed by atoms with E-state index in [1.807, 2.05) is 48.7 Å². The van der Waals surface area contributed by atoms with Crippen molar-refractivity contribution in [3.8, 4) is 0 Å². The lowest BCUT2D eigenvalue weighted by molar-refractivity contribution is -0.125. The molecule has 0 bridgehead atoms. The van der Waals surface area contributed by atoms with Gasteiger partial charge in [0.1, 0.15) is 5.78 Å². The Balaban J connectivity index is 1.33. The zero-order valence-electron chi connectivity index (χ0n) is 19.8. The molecule has 5 heteroatoms. The standard InChI is InChI=1S/C29H33N3O2/c1-23(33)29(27-12-6-3-7-13-27)14-17-32(18-15-29)22-28(34)31-21-26(25-10-4-2-5-11-25)19-24-9-8-16-30-20-24/h2-13,16,20,26H,14-15,17-19,21-22H2,1H3,(H,31,34). The Morgan fingerprint density at radius 1 is 0.971 bits per heavy atom. The molecule has 2 aromatic carbocycles. The zero-order valence-corrected chi connectivity index (χ0v) is 19.8. The summed E-state index contributed by atoms with van der Waals surface area (Å²) in [6.07, 6.45) is 5.97. The summed E-state index contributed by atoms with van der Waals surface area (Å²) >= 11 is 0. The summed E-state index contributed by atoms with van der Waals surface area (Å²) in [5.41, 5.74) is 3.02. The Bertz CT molecular complexity index is 1060. The van der Waals surface area contributed by atoms with E-state index in [1.165, 1.54) is 5.56 Å². The van der Waals surface area contributed by atoms with Gasteiger partial charge in [-0.2, -0.15) is 0 Å². The maximum absolute atomic E-state index is 12.8. The van der Waals surface area contributed by atoms with Crippen LogP contribution in [0.2, 0.25) is 0 Å². The van der Waals surface area contributed by atoms with Gasteiger partial charge < -0.3 is 5.32 Å². The van der Waals surface area contributed by atoms with Crippen molar-refractivity contribution in [1.82, 2.24) is 15.2 Å². The largest absolute Gasteiger partial charge is 0.354 e. The van der Waals surface area contributed by atoms with Crippen molar-refractivity contribution in [1.29, 1.82) is 0 Å². The molecule has 0 radical (unpaired) electrons. The van der Waals surface area contributed by atoms with E-state index >= 15 is 0 Å². The van der Waals surface area contributed by atoms with Gasteiger partial charge in [-0.05, 0) is 62.0 Å². The first-order valence-corrected chi connectivity index (χ1v) is 12.1. The number of hydrogen-bond acceptors (Lipinski definition) is 4. The molecule has 1 fully saturated rings. The van der Waals surface area contributed by atoms with Crippen LogP contribution in [0, 0.1) is 0 Å². The molecule has 1 aliphatic heterocycles. The number of amides is 1. The fraction of sp³-hybridized carbons (Fsp3) is 0.345. The van der Waals surface area contributed by atoms with Crippen LogP contribution in [0.3, 0.4) is 0 Å². The summed E-state index contributed by atoms with van der Waals surface area (Å²) in [5.74, 6) is 0.421. The fourth-order valence-corrected chi connectivity index (χ4v) is 5.03. The molecule has 1 atom stereocenters. The highest BCUT2D eigenvalue weighted by Gasteiger charge is 2.40. The molecule has 1 N–H and O–H groups in total. The summed E-state index contributed by atoms with van der Waals surface area (Å²) in [6, 6.07) is 24.4. The highest BCUT2D eigenvalue weighted by atomic mass is 16.2. The molecule has 34 heavy (non-hydrogen) atoms. The number of pyridine rings is 1. The van der Waals surface area contributed by atoms with Gasteiger partial charge >= 0.3 is 0 Å². The van der Waals surface area contributed by atoms with Gasteiger partial charge in [-0.15, -0.1) is 0 Å². The Hall–Kier alpha value is -3.31. The molecule has 1 saturated heterocycles. The summed E-state index contributed by atoms with van der Waals surface area (Å²) < 4.78 is 0. The van der Waals surface area contributed by atoms with E-state index in [0.717, 1.165) is 43.5 Å². The Morgan fingerprint density at radius 2 is 1.65 bits per heavy atom. The summed E-state index contributed by atoms with van der Waals surface area (Å²) in [4.78, 5) is 31.8. The van der Waals surface area contributed by atoms with Crippen LogP contribution in [0.5, 0.6) is 0 Å². The predicted octanol–water partition coefficient (Wildman–Crippen LogP) is 4.15. The quantitative estimate of drug-likeness (QED) is 0.527. The van der Waals surface area contributed by atoms with Crippen molar-refractivity contribution in [3.63, 3.8) is 0 Å². The van der Waals surface area contributed by atoms with Gasteiger partial charge in [-0.25, -0.2) is 0 Å². The zero-order chi connectivity index (χ0) is 23.8. The second kappa shape index (κ2) is 11.2. The van der Waals surface area contributed by atoms with Crippen molar-refractivity contribution < 1.29 is 9.59 Å². The van der Waals surface area contributed by atoms with Gasteiger partial charge in [-0.3, -0.25) is 19.5 Å². The fourth-order valence-electron chi connectivity index (χ4n) is 5.03. The average Bonchev–Trinajstić information content (AvgIpc) is 2.88. The van der Waals surface area contributed by atoms with Crippen molar-refractivity contribution in [2.75, 3.05) is 26.2 Å². The van der Waals surface area contributed by atoms with E-state index in [4.69, 9.17) is 0 Å². The van der Waals surface area contributed by atoms with Crippen LogP contribution < -0.4 is 5.32 Å². The molecule has 0 aliphatic carbocycles. The van der Waals surface area contributed by atoms with Gasteiger partial charge in [0, 0.05) is 24.9 Å². The molecule has 4 rings (SSSR count). The number of carbonyl (C=O) groups is 2. The first-order chi connectivity index (χ1) is 16.6. The van der Waals surface area contributed by atoms with E-state index in [-0.39, 0.29) is 17.6 Å².